The summed E-state index contributed by atoms with van der Waals surface area (Å²) in [6, 6.07) is 4.48. The van der Waals surface area contributed by atoms with Gasteiger partial charge in [-0.15, -0.1) is 0 Å². The lowest BCUT2D eigenvalue weighted by molar-refractivity contribution is -0.143. The highest BCUT2D eigenvalue weighted by molar-refractivity contribution is 6.00. The molecule has 20 heavy (non-hydrogen) atoms. The molecule has 0 atom stereocenters. The lowest BCUT2D eigenvalue weighted by Gasteiger charge is -2.22. The Balaban J connectivity index is 2.20. The highest BCUT2D eigenvalue weighted by Crippen LogP contribution is 2.28. The van der Waals surface area contributed by atoms with Gasteiger partial charge >= 0.3 is 5.97 Å². The molecule has 1 aliphatic rings. The molecule has 1 aromatic carbocycles. The average Bonchev–Trinajstić information content (AvgIpc) is 2.37. The van der Waals surface area contributed by atoms with Crippen molar-refractivity contribution in [3.63, 3.8) is 0 Å². The summed E-state index contributed by atoms with van der Waals surface area (Å²) < 4.78 is 5.20. The third kappa shape index (κ3) is 2.71. The second kappa shape index (κ2) is 4.84. The zero-order valence-electron chi connectivity index (χ0n) is 11.0. The van der Waals surface area contributed by atoms with Crippen LogP contribution in [0.5, 0.6) is 5.75 Å². The van der Waals surface area contributed by atoms with Gasteiger partial charge in [-0.05, 0) is 32.0 Å². The van der Waals surface area contributed by atoms with Crippen molar-refractivity contribution >= 4 is 23.5 Å². The Morgan fingerprint density at radius 3 is 2.75 bits per heavy atom. The quantitative estimate of drug-likeness (QED) is 0.751. The number of rotatable bonds is 3. The number of nitrogens with one attached hydrogen (secondary N) is 2. The maximum Gasteiger partial charge on any atom is 0.328 e. The Labute approximate surface area is 114 Å². The second-order valence-corrected chi connectivity index (χ2v) is 4.93. The Hall–Kier alpha value is -2.57. The first-order chi connectivity index (χ1) is 9.29. The van der Waals surface area contributed by atoms with E-state index in [2.05, 4.69) is 10.6 Å². The van der Waals surface area contributed by atoms with Crippen LogP contribution in [0.25, 0.3) is 0 Å². The van der Waals surface area contributed by atoms with Crippen molar-refractivity contribution in [1.82, 2.24) is 5.32 Å². The summed E-state index contributed by atoms with van der Waals surface area (Å²) in [7, 11) is 0. The monoisotopic (exact) mass is 278 g/mol. The lowest BCUT2D eigenvalue weighted by Crippen LogP contribution is -2.49. The molecule has 2 amide bonds. The number of benzene rings is 1. The molecule has 1 aromatic rings. The van der Waals surface area contributed by atoms with Crippen molar-refractivity contribution < 1.29 is 24.2 Å². The summed E-state index contributed by atoms with van der Waals surface area (Å²) in [6.07, 6.45) is 0. The van der Waals surface area contributed by atoms with Gasteiger partial charge in [0.25, 0.3) is 11.8 Å². The first-order valence-corrected chi connectivity index (χ1v) is 5.92. The normalized spacial score (nSPS) is 13.8. The van der Waals surface area contributed by atoms with Crippen molar-refractivity contribution in [2.24, 2.45) is 0 Å². The van der Waals surface area contributed by atoms with E-state index in [9.17, 15) is 14.4 Å². The molecule has 0 aromatic heterocycles. The summed E-state index contributed by atoms with van der Waals surface area (Å²) in [4.78, 5) is 34.1. The van der Waals surface area contributed by atoms with Crippen LogP contribution in [0.1, 0.15) is 24.2 Å². The maximum atomic E-state index is 12.0. The van der Waals surface area contributed by atoms with Crippen LogP contribution >= 0.6 is 0 Å². The number of amides is 2. The van der Waals surface area contributed by atoms with Gasteiger partial charge in [-0.2, -0.15) is 0 Å². The van der Waals surface area contributed by atoms with Crippen molar-refractivity contribution in [2.75, 3.05) is 11.9 Å². The first kappa shape index (κ1) is 13.9. The van der Waals surface area contributed by atoms with Crippen molar-refractivity contribution in [3.8, 4) is 5.75 Å². The lowest BCUT2D eigenvalue weighted by atomic mass is 10.0. The minimum Gasteiger partial charge on any atom is -0.482 e. The maximum absolute atomic E-state index is 12.0. The van der Waals surface area contributed by atoms with E-state index in [0.29, 0.717) is 11.4 Å². The standard InChI is InChI=1S/C13H14N2O5/c1-13(2,12(18)19)15-11(17)7-3-4-8-9(5-7)20-6-10(16)14-8/h3-5H,6H2,1-2H3,(H,14,16)(H,15,17)(H,18,19). The van der Waals surface area contributed by atoms with Gasteiger partial charge in [0.15, 0.2) is 6.61 Å². The number of carboxylic acid groups (broad SMARTS) is 1. The molecule has 7 heteroatoms. The molecule has 0 radical (unpaired) electrons. The minimum absolute atomic E-state index is 0.112. The Bertz CT molecular complexity index is 594. The SMILES string of the molecule is CC(C)(NC(=O)c1ccc2c(c1)OCC(=O)N2)C(=O)O. The fourth-order valence-corrected chi connectivity index (χ4v) is 1.63. The molecule has 3 N–H and O–H groups in total. The fourth-order valence-electron chi connectivity index (χ4n) is 1.63. The van der Waals surface area contributed by atoms with Crippen LogP contribution in [0.4, 0.5) is 5.69 Å². The van der Waals surface area contributed by atoms with E-state index in [1.54, 1.807) is 0 Å². The Morgan fingerprint density at radius 1 is 1.40 bits per heavy atom. The van der Waals surface area contributed by atoms with Gasteiger partial charge in [0.1, 0.15) is 11.3 Å². The first-order valence-electron chi connectivity index (χ1n) is 5.92. The van der Waals surface area contributed by atoms with Gasteiger partial charge in [-0.1, -0.05) is 0 Å². The van der Waals surface area contributed by atoms with E-state index in [4.69, 9.17) is 9.84 Å². The molecule has 0 aliphatic carbocycles. The molecule has 0 saturated heterocycles. The van der Waals surface area contributed by atoms with E-state index in [1.165, 1.54) is 32.0 Å². The zero-order valence-corrected chi connectivity index (χ0v) is 11.0. The van der Waals surface area contributed by atoms with Gasteiger partial charge in [-0.3, -0.25) is 9.59 Å². The molecule has 0 bridgehead atoms. The molecule has 2 rings (SSSR count). The van der Waals surface area contributed by atoms with Crippen LogP contribution in [-0.2, 0) is 9.59 Å². The van der Waals surface area contributed by atoms with E-state index in [1.807, 2.05) is 0 Å². The third-order valence-corrected chi connectivity index (χ3v) is 2.84. The van der Waals surface area contributed by atoms with Gasteiger partial charge in [0.2, 0.25) is 0 Å². The molecular formula is C13H14N2O5. The van der Waals surface area contributed by atoms with Crippen LogP contribution in [-0.4, -0.2) is 35.0 Å². The molecule has 7 nitrogen and oxygen atoms in total. The fraction of sp³-hybridized carbons (Fsp3) is 0.308. The van der Waals surface area contributed by atoms with Crippen molar-refractivity contribution in [3.05, 3.63) is 23.8 Å². The molecule has 0 fully saturated rings. The number of aliphatic carboxylic acids is 1. The molecule has 1 heterocycles. The predicted octanol–water partition coefficient (Wildman–Crippen LogP) is 0.610. The van der Waals surface area contributed by atoms with Crippen LogP contribution in [0, 0.1) is 0 Å². The summed E-state index contributed by atoms with van der Waals surface area (Å²) in [5.41, 5.74) is -0.633. The van der Waals surface area contributed by atoms with Crippen LogP contribution < -0.4 is 15.4 Å². The number of anilines is 1. The van der Waals surface area contributed by atoms with Crippen LogP contribution in [0.15, 0.2) is 18.2 Å². The molecule has 106 valence electrons. The van der Waals surface area contributed by atoms with E-state index in [0.717, 1.165) is 0 Å². The number of hydrogen-bond acceptors (Lipinski definition) is 4. The molecule has 1 aliphatic heterocycles. The smallest absolute Gasteiger partial charge is 0.328 e. The second-order valence-electron chi connectivity index (χ2n) is 4.93. The third-order valence-electron chi connectivity index (χ3n) is 2.84. The number of carbonyl (C=O) groups is 3. The van der Waals surface area contributed by atoms with Crippen LogP contribution in [0.2, 0.25) is 0 Å². The summed E-state index contributed by atoms with van der Waals surface area (Å²) in [5.74, 6) is -1.54. The van der Waals surface area contributed by atoms with Gasteiger partial charge in [0.05, 0.1) is 5.69 Å². The number of carbonyl (C=O) groups excluding carboxylic acids is 2. The number of hydrogen-bond donors (Lipinski definition) is 3. The summed E-state index contributed by atoms with van der Waals surface area (Å²) >= 11 is 0. The average molecular weight is 278 g/mol. The van der Waals surface area contributed by atoms with E-state index in [-0.39, 0.29) is 18.1 Å². The minimum atomic E-state index is -1.37. The van der Waals surface area contributed by atoms with Gasteiger partial charge in [0, 0.05) is 5.56 Å². The number of ether oxygens (including phenoxy) is 1. The zero-order chi connectivity index (χ0) is 14.9. The Morgan fingerprint density at radius 2 is 2.10 bits per heavy atom. The largest absolute Gasteiger partial charge is 0.482 e. The van der Waals surface area contributed by atoms with E-state index < -0.39 is 17.4 Å². The Kier molecular flexibility index (Phi) is 3.35. The highest BCUT2D eigenvalue weighted by atomic mass is 16.5. The predicted molar refractivity (Wildman–Crippen MR) is 69.7 cm³/mol. The van der Waals surface area contributed by atoms with Gasteiger partial charge in [-0.25, -0.2) is 4.79 Å². The molecule has 0 unspecified atom stereocenters. The van der Waals surface area contributed by atoms with Gasteiger partial charge < -0.3 is 20.5 Å². The van der Waals surface area contributed by atoms with Crippen molar-refractivity contribution in [1.29, 1.82) is 0 Å². The van der Waals surface area contributed by atoms with Crippen molar-refractivity contribution in [2.45, 2.75) is 19.4 Å². The molecular weight excluding hydrogens is 264 g/mol. The molecule has 0 saturated carbocycles. The molecule has 0 spiro atoms. The van der Waals surface area contributed by atoms with Crippen LogP contribution in [0.3, 0.4) is 0 Å². The van der Waals surface area contributed by atoms with E-state index >= 15 is 0 Å². The number of fused-ring (bicyclic) bond motifs is 1. The summed E-state index contributed by atoms with van der Waals surface area (Å²) in [6.45, 7) is 2.67. The topological polar surface area (TPSA) is 105 Å². The summed E-state index contributed by atoms with van der Waals surface area (Å²) in [5, 5.41) is 14.0. The highest BCUT2D eigenvalue weighted by Gasteiger charge is 2.29. The number of carboxylic acids is 1.